The number of amides is 1. The molecule has 2 N–H and O–H groups in total. The molecule has 0 spiro atoms. The molecule has 1 amide bonds. The number of hydrogen-bond donors (Lipinski definition) is 2. The third kappa shape index (κ3) is 5.51. The molecule has 2 aromatic carbocycles. The number of hydrogen-bond acceptors (Lipinski definition) is 5. The summed E-state index contributed by atoms with van der Waals surface area (Å²) in [5, 5.41) is 18.4. The molecule has 39 heavy (non-hydrogen) atoms. The van der Waals surface area contributed by atoms with Crippen LogP contribution in [0.4, 0.5) is 11.4 Å². The minimum atomic E-state index is -0.406. The van der Waals surface area contributed by atoms with Gasteiger partial charge in [-0.05, 0) is 73.6 Å². The molecule has 0 unspecified atom stereocenters. The third-order valence-corrected chi connectivity index (χ3v) is 7.20. The lowest BCUT2D eigenvalue weighted by Crippen LogP contribution is -2.33. The zero-order valence-electron chi connectivity index (χ0n) is 21.6. The average Bonchev–Trinajstić information content (AvgIpc) is 3.54. The lowest BCUT2D eigenvalue weighted by atomic mass is 10.0. The predicted molar refractivity (Wildman–Crippen MR) is 154 cm³/mol. The number of nitrogens with one attached hydrogen (secondary N) is 2. The van der Waals surface area contributed by atoms with E-state index in [1.165, 1.54) is 6.07 Å². The summed E-state index contributed by atoms with van der Waals surface area (Å²) in [6.45, 7) is 4.32. The Balaban J connectivity index is 1.46. The van der Waals surface area contributed by atoms with Crippen molar-refractivity contribution in [2.45, 2.75) is 32.4 Å². The molecule has 1 fully saturated rings. The van der Waals surface area contributed by atoms with Crippen molar-refractivity contribution in [1.29, 1.82) is 0 Å². The first kappa shape index (κ1) is 26.1. The maximum Gasteiger partial charge on any atom is 0.271 e. The van der Waals surface area contributed by atoms with Crippen LogP contribution in [0.2, 0.25) is 0 Å². The second-order valence-electron chi connectivity index (χ2n) is 9.52. The Morgan fingerprint density at radius 2 is 1.95 bits per heavy atom. The summed E-state index contributed by atoms with van der Waals surface area (Å²) in [4.78, 5) is 30.6. The smallest absolute Gasteiger partial charge is 0.271 e. The number of rotatable bonds is 8. The molecule has 0 aliphatic carbocycles. The summed E-state index contributed by atoms with van der Waals surface area (Å²) in [6.07, 6.45) is 3.83. The highest BCUT2D eigenvalue weighted by Crippen LogP contribution is 2.39. The van der Waals surface area contributed by atoms with Crippen molar-refractivity contribution in [1.82, 2.24) is 19.8 Å². The van der Waals surface area contributed by atoms with Gasteiger partial charge in [0, 0.05) is 48.9 Å². The van der Waals surface area contributed by atoms with Crippen molar-refractivity contribution < 1.29 is 9.72 Å². The Labute approximate surface area is 231 Å². The van der Waals surface area contributed by atoms with Gasteiger partial charge in [0.25, 0.3) is 5.69 Å². The van der Waals surface area contributed by atoms with E-state index in [0.29, 0.717) is 17.3 Å². The predicted octanol–water partition coefficient (Wildman–Crippen LogP) is 5.40. The summed E-state index contributed by atoms with van der Waals surface area (Å²) in [6, 6.07) is 21.5. The van der Waals surface area contributed by atoms with Crippen molar-refractivity contribution in [2.75, 3.05) is 11.9 Å². The van der Waals surface area contributed by atoms with Crippen LogP contribution in [0.1, 0.15) is 41.0 Å². The van der Waals surface area contributed by atoms with Crippen LogP contribution in [-0.2, 0) is 4.79 Å². The van der Waals surface area contributed by atoms with Gasteiger partial charge in [-0.15, -0.1) is 0 Å². The molecular weight excluding hydrogens is 512 g/mol. The van der Waals surface area contributed by atoms with Gasteiger partial charge in [0.05, 0.1) is 28.4 Å². The molecule has 1 aliphatic rings. The molecule has 0 saturated carbocycles. The second-order valence-corrected chi connectivity index (χ2v) is 9.90. The van der Waals surface area contributed by atoms with Crippen LogP contribution in [0, 0.1) is 24.0 Å². The van der Waals surface area contributed by atoms with Crippen LogP contribution in [-0.4, -0.2) is 36.9 Å². The number of anilines is 1. The zero-order valence-corrected chi connectivity index (χ0v) is 22.4. The lowest BCUT2D eigenvalue weighted by molar-refractivity contribution is -0.384. The number of benzene rings is 2. The Morgan fingerprint density at radius 1 is 1.10 bits per heavy atom. The maximum atomic E-state index is 13.0. The minimum Gasteiger partial charge on any atom is -0.352 e. The molecule has 4 aromatic rings. The summed E-state index contributed by atoms with van der Waals surface area (Å²) in [7, 11) is 0. The summed E-state index contributed by atoms with van der Waals surface area (Å²) < 4.78 is 1.92. The van der Waals surface area contributed by atoms with E-state index < -0.39 is 4.92 Å². The summed E-state index contributed by atoms with van der Waals surface area (Å²) >= 11 is 5.76. The molecule has 1 aliphatic heterocycles. The van der Waals surface area contributed by atoms with Gasteiger partial charge in [-0.1, -0.05) is 24.3 Å². The number of non-ortho nitro benzene ring substituents is 1. The van der Waals surface area contributed by atoms with Gasteiger partial charge in [0.1, 0.15) is 0 Å². The van der Waals surface area contributed by atoms with Gasteiger partial charge in [-0.2, -0.15) is 0 Å². The van der Waals surface area contributed by atoms with E-state index in [2.05, 4.69) is 15.6 Å². The van der Waals surface area contributed by atoms with Gasteiger partial charge in [-0.3, -0.25) is 19.9 Å². The highest BCUT2D eigenvalue weighted by atomic mass is 32.1. The van der Waals surface area contributed by atoms with Gasteiger partial charge >= 0.3 is 0 Å². The van der Waals surface area contributed by atoms with Crippen molar-refractivity contribution in [2.24, 2.45) is 0 Å². The van der Waals surface area contributed by atoms with Crippen molar-refractivity contribution in [3.05, 3.63) is 118 Å². The Kier molecular flexibility index (Phi) is 7.38. The molecule has 2 aromatic heterocycles. The molecule has 198 valence electrons. The first-order valence-corrected chi connectivity index (χ1v) is 13.0. The highest BCUT2D eigenvalue weighted by Gasteiger charge is 2.41. The maximum absolute atomic E-state index is 13.0. The number of pyridine rings is 1. The van der Waals surface area contributed by atoms with E-state index in [1.54, 1.807) is 18.3 Å². The standard InChI is InChI=1S/C29H28N6O3S/c1-19-11-12-20(2)24(17-19)31-26(36)13-16-34-28(27(32-29(34)39)23-9-3-4-14-30-23)25-10-6-15-33(25)21-7-5-8-22(18-21)35(37)38/h3-12,14-15,17-18,27-28H,13,16H2,1-2H3,(H,31,36)(H,32,39)/t27-,28-/m0/s1. The Bertz CT molecular complexity index is 1540. The van der Waals surface area contributed by atoms with Gasteiger partial charge in [0.2, 0.25) is 5.91 Å². The van der Waals surface area contributed by atoms with Gasteiger partial charge in [-0.25, -0.2) is 0 Å². The van der Waals surface area contributed by atoms with E-state index in [-0.39, 0.29) is 30.1 Å². The topological polar surface area (TPSA) is 105 Å². The number of nitro benzene ring substituents is 1. The molecular formula is C29H28N6O3S. The molecule has 9 nitrogen and oxygen atoms in total. The minimum absolute atomic E-state index is 0.00784. The number of carbonyl (C=O) groups excluding carboxylic acids is 1. The van der Waals surface area contributed by atoms with Crippen LogP contribution >= 0.6 is 12.2 Å². The number of aromatic nitrogens is 2. The molecule has 2 atom stereocenters. The number of aryl methyl sites for hydroxylation is 2. The molecule has 0 bridgehead atoms. The van der Waals surface area contributed by atoms with E-state index in [0.717, 1.165) is 28.2 Å². The summed E-state index contributed by atoms with van der Waals surface area (Å²) in [5.74, 6) is -0.111. The molecule has 0 radical (unpaired) electrons. The van der Waals surface area contributed by atoms with Crippen LogP contribution in [0.3, 0.4) is 0 Å². The third-order valence-electron chi connectivity index (χ3n) is 6.85. The van der Waals surface area contributed by atoms with Crippen LogP contribution in [0.25, 0.3) is 5.69 Å². The van der Waals surface area contributed by atoms with E-state index in [1.807, 2.05) is 84.1 Å². The van der Waals surface area contributed by atoms with E-state index >= 15 is 0 Å². The number of thiocarbonyl (C=S) groups is 1. The zero-order chi connectivity index (χ0) is 27.5. The SMILES string of the molecule is Cc1ccc(C)c(NC(=O)CCN2C(=S)N[C@@H](c3ccccn3)[C@@H]2c2cccn2-c2cccc([N+](=O)[O-])c2)c1. The fourth-order valence-electron chi connectivity index (χ4n) is 4.90. The first-order chi connectivity index (χ1) is 18.8. The molecule has 10 heteroatoms. The average molecular weight is 541 g/mol. The van der Waals surface area contributed by atoms with Crippen molar-refractivity contribution in [3.8, 4) is 5.69 Å². The lowest BCUT2D eigenvalue weighted by Gasteiger charge is -2.28. The molecule has 1 saturated heterocycles. The van der Waals surface area contributed by atoms with Crippen molar-refractivity contribution >= 4 is 34.6 Å². The first-order valence-electron chi connectivity index (χ1n) is 12.6. The van der Waals surface area contributed by atoms with Crippen molar-refractivity contribution in [3.63, 3.8) is 0 Å². The van der Waals surface area contributed by atoms with E-state index in [4.69, 9.17) is 12.2 Å². The van der Waals surface area contributed by atoms with Crippen LogP contribution in [0.5, 0.6) is 0 Å². The monoisotopic (exact) mass is 540 g/mol. The van der Waals surface area contributed by atoms with Gasteiger partial charge < -0.3 is 20.1 Å². The second kappa shape index (κ2) is 11.0. The molecule has 5 rings (SSSR count). The normalized spacial score (nSPS) is 16.7. The van der Waals surface area contributed by atoms with Gasteiger partial charge in [0.15, 0.2) is 5.11 Å². The number of nitro groups is 1. The fraction of sp³-hybridized carbons (Fsp3) is 0.207. The highest BCUT2D eigenvalue weighted by molar-refractivity contribution is 7.80. The van der Waals surface area contributed by atoms with E-state index in [9.17, 15) is 14.9 Å². The number of nitrogens with zero attached hydrogens (tertiary/aromatic N) is 4. The quantitative estimate of drug-likeness (QED) is 0.175. The molecule has 3 heterocycles. The fourth-order valence-corrected chi connectivity index (χ4v) is 5.23. The largest absolute Gasteiger partial charge is 0.352 e. The Morgan fingerprint density at radius 3 is 2.72 bits per heavy atom. The number of carbonyl (C=O) groups is 1. The van der Waals surface area contributed by atoms with Crippen LogP contribution in [0.15, 0.2) is 85.2 Å². The Hall–Kier alpha value is -4.57. The van der Waals surface area contributed by atoms with Crippen LogP contribution < -0.4 is 10.6 Å². The summed E-state index contributed by atoms with van der Waals surface area (Å²) in [5.41, 5.74) is 5.20.